The Balaban J connectivity index is 0.000000134. The summed E-state index contributed by atoms with van der Waals surface area (Å²) in [6, 6.07) is 129. The fraction of sp³-hybridized carbons (Fsp3) is 0.119. The number of rotatable bonds is 13. The minimum absolute atomic E-state index is 0. The summed E-state index contributed by atoms with van der Waals surface area (Å²) >= 11 is 1.82. The fourth-order valence-corrected chi connectivity index (χ4v) is 24.6. The van der Waals surface area contributed by atoms with E-state index in [9.17, 15) is 8.42 Å². The van der Waals surface area contributed by atoms with Crippen LogP contribution in [0.15, 0.2) is 379 Å². The molecule has 0 unspecified atom stereocenters. The number of hydrogen-bond acceptors (Lipinski definition) is 10. The van der Waals surface area contributed by atoms with Crippen molar-refractivity contribution >= 4 is 113 Å². The second kappa shape index (κ2) is 42.5. The van der Waals surface area contributed by atoms with Crippen LogP contribution in [0.5, 0.6) is 0 Å². The van der Waals surface area contributed by atoms with Crippen molar-refractivity contribution in [2.45, 2.75) is 87.7 Å². The third-order valence-corrected chi connectivity index (χ3v) is 34.9. The number of para-hydroxylation sites is 1. The maximum Gasteiger partial charge on any atom is 0.173 e. The van der Waals surface area contributed by atoms with E-state index in [0.717, 1.165) is 113 Å². The number of pyridine rings is 6. The average molecular weight is 2260 g/mol. The summed E-state index contributed by atoms with van der Waals surface area (Å²) < 4.78 is 34.3. The van der Waals surface area contributed by atoms with E-state index < -0.39 is 34.1 Å². The normalized spacial score (nSPS) is 12.4. The van der Waals surface area contributed by atoms with Gasteiger partial charge >= 0.3 is 0 Å². The molecule has 19 aromatic rings. The van der Waals surface area contributed by atoms with E-state index in [4.69, 9.17) is 19.4 Å². The molecule has 1 fully saturated rings. The summed E-state index contributed by atoms with van der Waals surface area (Å²) in [4.78, 5) is 27.8. The van der Waals surface area contributed by atoms with Crippen molar-refractivity contribution in [1.29, 1.82) is 0 Å². The van der Waals surface area contributed by atoms with Crippen LogP contribution in [-0.2, 0) is 76.6 Å². The van der Waals surface area contributed by atoms with Crippen molar-refractivity contribution < 1.29 is 73.2 Å². The second-order valence-corrected chi connectivity index (χ2v) is 49.5. The molecule has 11 aromatic carbocycles. The van der Waals surface area contributed by atoms with Gasteiger partial charge in [-0.15, -0.1) is 179 Å². The van der Waals surface area contributed by atoms with Crippen LogP contribution in [0.2, 0.25) is 45.8 Å². The first-order valence-electron chi connectivity index (χ1n) is 41.7. The van der Waals surface area contributed by atoms with Crippen LogP contribution in [0.3, 0.4) is 0 Å². The first-order valence-corrected chi connectivity index (χ1v) is 53.5. The van der Waals surface area contributed by atoms with Gasteiger partial charge in [0.25, 0.3) is 0 Å². The quantitative estimate of drug-likeness (QED) is 0.0819. The Labute approximate surface area is 788 Å². The number of thiophene rings is 1. The third kappa shape index (κ3) is 21.8. The minimum Gasteiger partial charge on any atom is -0.500 e. The van der Waals surface area contributed by atoms with Crippen molar-refractivity contribution in [1.82, 2.24) is 29.9 Å². The summed E-state index contributed by atoms with van der Waals surface area (Å²) in [7, 11) is -8.42. The van der Waals surface area contributed by atoms with Gasteiger partial charge in [-0.2, -0.15) is 11.3 Å². The Hall–Kier alpha value is -11.1. The molecule has 9 heterocycles. The van der Waals surface area contributed by atoms with Crippen molar-refractivity contribution in [3.63, 3.8) is 0 Å². The molecular formula is C109H92Ir3N6O3S2Si3-6. The molecule has 0 atom stereocenters. The maximum absolute atomic E-state index is 12.9. The minimum atomic E-state index is -3.46. The Morgan fingerprint density at radius 3 is 1.31 bits per heavy atom. The van der Waals surface area contributed by atoms with Crippen molar-refractivity contribution in [2.75, 3.05) is 0 Å². The molecule has 9 nitrogen and oxygen atoms in total. The zero-order chi connectivity index (χ0) is 84.8. The largest absolute Gasteiger partial charge is 0.500 e. The molecule has 17 heteroatoms. The van der Waals surface area contributed by atoms with E-state index in [2.05, 4.69) is 249 Å². The first-order chi connectivity index (χ1) is 59.9. The molecule has 8 aromatic heterocycles. The molecule has 0 spiro atoms. The third-order valence-electron chi connectivity index (χ3n) is 22.8. The van der Waals surface area contributed by atoms with Crippen LogP contribution >= 0.6 is 11.3 Å². The summed E-state index contributed by atoms with van der Waals surface area (Å²) in [6.07, 6.45) is 18.0. The van der Waals surface area contributed by atoms with Crippen LogP contribution in [0, 0.1) is 42.3 Å². The van der Waals surface area contributed by atoms with Gasteiger partial charge < -0.3 is 34.3 Å². The Morgan fingerprint density at radius 2 is 0.802 bits per heavy atom. The van der Waals surface area contributed by atoms with Crippen LogP contribution in [0.4, 0.5) is 0 Å². The predicted molar refractivity (Wildman–Crippen MR) is 517 cm³/mol. The maximum atomic E-state index is 12.9. The summed E-state index contributed by atoms with van der Waals surface area (Å²) in [5.41, 5.74) is 16.5. The number of furan rings is 1. The molecule has 0 bridgehead atoms. The number of aromatic nitrogens is 6. The van der Waals surface area contributed by atoms with Gasteiger partial charge in [-0.05, 0) is 119 Å². The molecule has 2 aliphatic rings. The van der Waals surface area contributed by atoms with E-state index in [0.29, 0.717) is 9.79 Å². The van der Waals surface area contributed by atoms with Gasteiger partial charge in [-0.1, -0.05) is 286 Å². The number of fused-ring (bicyclic) bond motifs is 9. The van der Waals surface area contributed by atoms with Crippen LogP contribution in [0.25, 0.3) is 121 Å². The molecule has 21 rings (SSSR count). The second-order valence-electron chi connectivity index (χ2n) is 32.7. The zero-order valence-electron chi connectivity index (χ0n) is 71.0. The monoisotopic (exact) mass is 2260 g/mol. The van der Waals surface area contributed by atoms with Gasteiger partial charge in [0.15, 0.2) is 9.84 Å². The topological polar surface area (TPSA) is 125 Å². The summed E-state index contributed by atoms with van der Waals surface area (Å²) in [5, 5.41) is 11.8. The molecule has 1 aliphatic carbocycles. The molecule has 0 amide bonds. The SMILES string of the molecule is C[Si](C)(C)c1cnc(-c2[c-]cc3c(c2)-c2ccccc2S3(=O)=O)cc1CC1CCCC1.C[Si](C)(c1ccccc1)c1ccc(-c2[c-]cc3oc4ccccc4c3c2)nc1.C[Si](C)(c1ccccc1)c1ccc(-c2[c-]cc3sc4ccccc4c3c2)nc1.[Ir].[Ir].[Ir].[c-]1ccccc1-c1ccccn1.[c-]1ccccc1-c1ccccn1.[c-]1ccccc1-c1ccccn1. The molecule has 126 heavy (non-hydrogen) atoms. The Kier molecular flexibility index (Phi) is 31.2. The number of nitrogens with zero attached hydrogens (tertiary/aromatic N) is 6. The molecule has 1 aliphatic heterocycles. The van der Waals surface area contributed by atoms with Gasteiger partial charge in [0.2, 0.25) is 0 Å². The Morgan fingerprint density at radius 1 is 0.349 bits per heavy atom. The predicted octanol–water partition coefficient (Wildman–Crippen LogP) is 24.3. The van der Waals surface area contributed by atoms with Crippen molar-refractivity contribution in [3.05, 3.63) is 407 Å². The van der Waals surface area contributed by atoms with Crippen LogP contribution in [-0.4, -0.2) is 62.5 Å². The smallest absolute Gasteiger partial charge is 0.173 e. The number of benzene rings is 11. The molecule has 633 valence electrons. The van der Waals surface area contributed by atoms with Crippen LogP contribution in [0.1, 0.15) is 31.2 Å². The number of hydrogen-bond donors (Lipinski definition) is 0. The summed E-state index contributed by atoms with van der Waals surface area (Å²) in [5.74, 6) is 0.770. The molecule has 3 radical (unpaired) electrons. The van der Waals surface area contributed by atoms with E-state index in [-0.39, 0.29) is 60.3 Å². The van der Waals surface area contributed by atoms with E-state index in [1.807, 2.05) is 187 Å². The van der Waals surface area contributed by atoms with Gasteiger partial charge in [0.1, 0.15) is 21.7 Å². The zero-order valence-corrected chi connectivity index (χ0v) is 82.8. The van der Waals surface area contributed by atoms with E-state index >= 15 is 0 Å². The number of sulfone groups is 1. The van der Waals surface area contributed by atoms with Crippen LogP contribution < -0.4 is 25.9 Å². The molecular weight excluding hydrogens is 2170 g/mol. The van der Waals surface area contributed by atoms with E-state index in [1.165, 1.54) is 77.4 Å². The first kappa shape index (κ1) is 92.6. The van der Waals surface area contributed by atoms with Crippen molar-refractivity contribution in [3.8, 4) is 78.7 Å². The standard InChI is InChI=1S/C26H28NO2SSi.C25H20NOSi.C25H20NSSi.3C11H8N.3Ir/c1-31(2,3)26-17-27-23(16-20(26)14-18-8-4-5-9-18)19-12-13-25-22(15-19)21-10-6-7-11-24(21)30(25,28)29;2*1-28(2,19-8-4-3-5-9-19)20-13-14-23(26-17-20)18-12-15-25-22(16-18)21-10-6-7-11-24(21)27-25;3*1-2-6-10(7-3-1)11-8-4-5-9-12-11;;;/h6-7,10-11,13,15-18H,4-5,8-9,14H2,1-3H3;2*3-11,13-17H,1-2H3;3*1-6,8-9H;;;/q6*-1;;;. The molecule has 1 saturated carbocycles. The fourth-order valence-electron chi connectivity index (χ4n) is 15.9. The van der Waals surface area contributed by atoms with Gasteiger partial charge in [-0.25, -0.2) is 8.42 Å². The van der Waals surface area contributed by atoms with E-state index in [1.54, 1.807) is 36.8 Å². The Bertz CT molecular complexity index is 6390. The summed E-state index contributed by atoms with van der Waals surface area (Å²) in [6.45, 7) is 16.6. The van der Waals surface area contributed by atoms with Gasteiger partial charge in [-0.3, -0.25) is 0 Å². The van der Waals surface area contributed by atoms with Crippen molar-refractivity contribution in [2.24, 2.45) is 5.92 Å². The average Bonchev–Trinajstić information content (AvgIpc) is 1.57. The van der Waals surface area contributed by atoms with Gasteiger partial charge in [0.05, 0.1) is 18.6 Å². The van der Waals surface area contributed by atoms with Gasteiger partial charge in [0, 0.05) is 108 Å². The molecule has 0 saturated heterocycles. The molecule has 0 N–H and O–H groups in total.